The first-order valence-electron chi connectivity index (χ1n) is 7.31. The molecular weight excluding hydrogens is 246 g/mol. The molecule has 0 atom stereocenters. The molecule has 0 radical (unpaired) electrons. The zero-order valence-corrected chi connectivity index (χ0v) is 13.0. The lowest BCUT2D eigenvalue weighted by Gasteiger charge is -2.19. The summed E-state index contributed by atoms with van der Waals surface area (Å²) in [5, 5.41) is 8.06. The van der Waals surface area contributed by atoms with Crippen molar-refractivity contribution in [2.24, 2.45) is 0 Å². The van der Waals surface area contributed by atoms with Crippen LogP contribution in [0.1, 0.15) is 44.5 Å². The first-order valence-corrected chi connectivity index (χ1v) is 7.31. The summed E-state index contributed by atoms with van der Waals surface area (Å²) < 4.78 is 2.00. The highest BCUT2D eigenvalue weighted by Gasteiger charge is 2.09. The Morgan fingerprint density at radius 2 is 1.70 bits per heavy atom. The van der Waals surface area contributed by atoms with Gasteiger partial charge in [-0.3, -0.25) is 4.68 Å². The number of hydrogen-bond donors (Lipinski definition) is 1. The van der Waals surface area contributed by atoms with E-state index in [0.29, 0.717) is 0 Å². The third kappa shape index (κ3) is 4.49. The van der Waals surface area contributed by atoms with E-state index in [1.54, 1.807) is 0 Å². The molecule has 0 spiro atoms. The van der Waals surface area contributed by atoms with E-state index in [-0.39, 0.29) is 5.54 Å². The molecule has 0 aliphatic rings. The molecule has 0 saturated heterocycles. The average molecular weight is 271 g/mol. The van der Waals surface area contributed by atoms with Gasteiger partial charge in [0.15, 0.2) is 0 Å². The molecule has 3 nitrogen and oxygen atoms in total. The summed E-state index contributed by atoms with van der Waals surface area (Å²) in [7, 11) is 0. The molecule has 0 saturated carbocycles. The third-order valence-corrected chi connectivity index (χ3v) is 3.27. The molecule has 1 heterocycles. The number of aryl methyl sites for hydroxylation is 1. The van der Waals surface area contributed by atoms with E-state index in [0.717, 1.165) is 25.2 Å². The molecule has 0 fully saturated rings. The van der Waals surface area contributed by atoms with Crippen LogP contribution in [0, 0.1) is 0 Å². The van der Waals surface area contributed by atoms with Gasteiger partial charge >= 0.3 is 0 Å². The molecule has 0 bridgehead atoms. The van der Waals surface area contributed by atoms with Crippen molar-refractivity contribution in [2.75, 3.05) is 0 Å². The number of nitrogens with one attached hydrogen (secondary N) is 1. The molecule has 2 rings (SSSR count). The molecule has 1 N–H and O–H groups in total. The van der Waals surface area contributed by atoms with Gasteiger partial charge in [-0.2, -0.15) is 5.10 Å². The molecule has 0 aliphatic carbocycles. The van der Waals surface area contributed by atoms with Crippen LogP contribution < -0.4 is 5.32 Å². The monoisotopic (exact) mass is 271 g/mol. The number of hydrogen-bond acceptors (Lipinski definition) is 2. The van der Waals surface area contributed by atoms with Crippen molar-refractivity contribution < 1.29 is 0 Å². The summed E-state index contributed by atoms with van der Waals surface area (Å²) in [5.74, 6) is 0. The maximum atomic E-state index is 4.61. The summed E-state index contributed by atoms with van der Waals surface area (Å²) in [4.78, 5) is 0. The molecule has 20 heavy (non-hydrogen) atoms. The summed E-state index contributed by atoms with van der Waals surface area (Å²) in [6.45, 7) is 10.3. The van der Waals surface area contributed by atoms with Crippen LogP contribution in [-0.2, 0) is 19.5 Å². The predicted octanol–water partition coefficient (Wildman–Crippen LogP) is 3.38. The average Bonchev–Trinajstić information content (AvgIpc) is 2.84. The largest absolute Gasteiger partial charge is 0.306 e. The lowest BCUT2D eigenvalue weighted by Crippen LogP contribution is -2.35. The van der Waals surface area contributed by atoms with E-state index in [9.17, 15) is 0 Å². The van der Waals surface area contributed by atoms with Gasteiger partial charge in [0.25, 0.3) is 0 Å². The Labute approximate surface area is 122 Å². The maximum Gasteiger partial charge on any atom is 0.0762 e. The van der Waals surface area contributed by atoms with Crippen molar-refractivity contribution in [3.05, 3.63) is 53.3 Å². The fraction of sp³-hybridized carbons (Fsp3) is 0.471. The van der Waals surface area contributed by atoms with Gasteiger partial charge in [-0.15, -0.1) is 0 Å². The first kappa shape index (κ1) is 14.8. The zero-order chi connectivity index (χ0) is 14.6. The van der Waals surface area contributed by atoms with Crippen LogP contribution in [0.15, 0.2) is 36.5 Å². The van der Waals surface area contributed by atoms with Gasteiger partial charge in [-0.25, -0.2) is 0 Å². The third-order valence-electron chi connectivity index (χ3n) is 3.27. The van der Waals surface area contributed by atoms with Crippen LogP contribution in [0.4, 0.5) is 0 Å². The van der Waals surface area contributed by atoms with E-state index in [1.807, 2.05) is 10.9 Å². The fourth-order valence-corrected chi connectivity index (χ4v) is 2.01. The van der Waals surface area contributed by atoms with E-state index >= 15 is 0 Å². The minimum atomic E-state index is 0.125. The molecule has 2 aromatic rings. The van der Waals surface area contributed by atoms with E-state index < -0.39 is 0 Å². The highest BCUT2D eigenvalue weighted by molar-refractivity contribution is 5.22. The van der Waals surface area contributed by atoms with Gasteiger partial charge < -0.3 is 5.32 Å². The normalized spacial score (nSPS) is 11.8. The first-order chi connectivity index (χ1) is 9.46. The van der Waals surface area contributed by atoms with Crippen molar-refractivity contribution in [1.82, 2.24) is 15.1 Å². The quantitative estimate of drug-likeness (QED) is 0.903. The van der Waals surface area contributed by atoms with E-state index in [4.69, 9.17) is 0 Å². The van der Waals surface area contributed by atoms with Crippen LogP contribution in [0.2, 0.25) is 0 Å². The van der Waals surface area contributed by atoms with E-state index in [2.05, 4.69) is 68.4 Å². The standard InChI is InChI=1S/C17H25N3/c1-5-14-6-8-15(9-7-14)13-20-11-10-16(19-20)12-18-17(2,3)4/h6-11,18H,5,12-13H2,1-4H3. The van der Waals surface area contributed by atoms with E-state index in [1.165, 1.54) is 11.1 Å². The lowest BCUT2D eigenvalue weighted by molar-refractivity contribution is 0.419. The van der Waals surface area contributed by atoms with Crippen molar-refractivity contribution in [2.45, 2.75) is 52.7 Å². The van der Waals surface area contributed by atoms with Gasteiger partial charge in [0, 0.05) is 18.3 Å². The second-order valence-corrected chi connectivity index (χ2v) is 6.28. The van der Waals surface area contributed by atoms with Crippen molar-refractivity contribution in [3.63, 3.8) is 0 Å². The van der Waals surface area contributed by atoms with Crippen LogP contribution in [-0.4, -0.2) is 15.3 Å². The Morgan fingerprint density at radius 1 is 1.05 bits per heavy atom. The molecule has 3 heteroatoms. The highest BCUT2D eigenvalue weighted by atomic mass is 15.3. The number of nitrogens with zero attached hydrogens (tertiary/aromatic N) is 2. The SMILES string of the molecule is CCc1ccc(Cn2ccc(CNC(C)(C)C)n2)cc1. The van der Waals surface area contributed by atoms with Crippen molar-refractivity contribution >= 4 is 0 Å². The topological polar surface area (TPSA) is 29.9 Å². The Hall–Kier alpha value is -1.61. The smallest absolute Gasteiger partial charge is 0.0762 e. The Balaban J connectivity index is 1.94. The van der Waals surface area contributed by atoms with Crippen LogP contribution >= 0.6 is 0 Å². The number of rotatable bonds is 5. The maximum absolute atomic E-state index is 4.61. The van der Waals surface area contributed by atoms with Gasteiger partial charge in [-0.1, -0.05) is 31.2 Å². The number of benzene rings is 1. The molecule has 1 aromatic carbocycles. The summed E-state index contributed by atoms with van der Waals surface area (Å²) in [6, 6.07) is 10.8. The predicted molar refractivity (Wildman–Crippen MR) is 83.7 cm³/mol. The molecule has 0 aliphatic heterocycles. The minimum absolute atomic E-state index is 0.125. The number of aromatic nitrogens is 2. The Kier molecular flexibility index (Phi) is 4.61. The summed E-state index contributed by atoms with van der Waals surface area (Å²) in [6.07, 6.45) is 3.14. The lowest BCUT2D eigenvalue weighted by atomic mass is 10.1. The molecule has 0 amide bonds. The van der Waals surface area contributed by atoms with Gasteiger partial charge in [-0.05, 0) is 44.4 Å². The summed E-state index contributed by atoms with van der Waals surface area (Å²) >= 11 is 0. The zero-order valence-electron chi connectivity index (χ0n) is 13.0. The van der Waals surface area contributed by atoms with Crippen LogP contribution in [0.25, 0.3) is 0 Å². The van der Waals surface area contributed by atoms with Gasteiger partial charge in [0.2, 0.25) is 0 Å². The fourth-order valence-electron chi connectivity index (χ4n) is 2.01. The van der Waals surface area contributed by atoms with Crippen LogP contribution in [0.5, 0.6) is 0 Å². The molecule has 0 unspecified atom stereocenters. The summed E-state index contributed by atoms with van der Waals surface area (Å²) in [5.41, 5.74) is 3.88. The van der Waals surface area contributed by atoms with Gasteiger partial charge in [0.1, 0.15) is 0 Å². The highest BCUT2D eigenvalue weighted by Crippen LogP contribution is 2.08. The molecule has 108 valence electrons. The Bertz CT molecular complexity index is 532. The molecular formula is C17H25N3. The second kappa shape index (κ2) is 6.23. The molecule has 1 aromatic heterocycles. The van der Waals surface area contributed by atoms with Crippen LogP contribution in [0.3, 0.4) is 0 Å². The van der Waals surface area contributed by atoms with Crippen molar-refractivity contribution in [1.29, 1.82) is 0 Å². The minimum Gasteiger partial charge on any atom is -0.306 e. The Morgan fingerprint density at radius 3 is 2.30 bits per heavy atom. The van der Waals surface area contributed by atoms with Gasteiger partial charge in [0.05, 0.1) is 12.2 Å². The van der Waals surface area contributed by atoms with Crippen molar-refractivity contribution in [3.8, 4) is 0 Å². The second-order valence-electron chi connectivity index (χ2n) is 6.28.